The quantitative estimate of drug-likeness (QED) is 0.673. The molecule has 1 aromatic heterocycles. The lowest BCUT2D eigenvalue weighted by Crippen LogP contribution is -2.23. The van der Waals surface area contributed by atoms with Gasteiger partial charge in [0, 0.05) is 24.9 Å². The summed E-state index contributed by atoms with van der Waals surface area (Å²) in [5.74, 6) is -1.41. The highest BCUT2D eigenvalue weighted by molar-refractivity contribution is 6.00. The average Bonchev–Trinajstić information content (AvgIpc) is 2.98. The molecule has 7 heteroatoms. The van der Waals surface area contributed by atoms with E-state index in [0.717, 1.165) is 5.56 Å². The van der Waals surface area contributed by atoms with Gasteiger partial charge in [0.15, 0.2) is 11.4 Å². The van der Waals surface area contributed by atoms with E-state index in [0.29, 0.717) is 16.7 Å². The van der Waals surface area contributed by atoms with Gasteiger partial charge in [0.1, 0.15) is 5.82 Å². The molecule has 0 saturated carbocycles. The maximum Gasteiger partial charge on any atom is 0.417 e. The fourth-order valence-electron chi connectivity index (χ4n) is 2.38. The number of nitrogens with one attached hydrogen (secondary N) is 2. The Kier molecular flexibility index (Phi) is 4.74. The molecule has 3 rings (SSSR count). The molecule has 0 unspecified atom stereocenters. The summed E-state index contributed by atoms with van der Waals surface area (Å²) < 4.78 is 17.7. The van der Waals surface area contributed by atoms with Gasteiger partial charge in [-0.15, -0.1) is 0 Å². The summed E-state index contributed by atoms with van der Waals surface area (Å²) in [4.78, 5) is 37.6. The lowest BCUT2D eigenvalue weighted by molar-refractivity contribution is -0.121. The largest absolute Gasteiger partial charge is 0.417 e. The molecule has 0 radical (unpaired) electrons. The second-order valence-electron chi connectivity index (χ2n) is 5.55. The van der Waals surface area contributed by atoms with Crippen LogP contribution in [0.4, 0.5) is 4.39 Å². The molecule has 2 N–H and O–H groups in total. The minimum Gasteiger partial charge on any atom is -0.408 e. The predicted molar refractivity (Wildman–Crippen MR) is 88.6 cm³/mol. The number of aromatic nitrogens is 1. The lowest BCUT2D eigenvalue weighted by Gasteiger charge is -2.05. The second-order valence-corrected chi connectivity index (χ2v) is 5.55. The number of benzene rings is 2. The number of carbonyl (C=O) groups is 2. The fraction of sp³-hybridized carbons (Fsp3) is 0.167. The number of halogens is 1. The first-order chi connectivity index (χ1) is 12.0. The Hall–Kier alpha value is -3.22. The van der Waals surface area contributed by atoms with Gasteiger partial charge < -0.3 is 9.73 Å². The zero-order valence-electron chi connectivity index (χ0n) is 13.2. The molecule has 1 amide bonds. The Morgan fingerprint density at radius 3 is 2.60 bits per heavy atom. The number of amides is 1. The van der Waals surface area contributed by atoms with E-state index in [2.05, 4.69) is 10.3 Å². The number of oxazole rings is 1. The first-order valence-corrected chi connectivity index (χ1v) is 7.68. The number of hydrogen-bond donors (Lipinski definition) is 2. The number of hydrogen-bond acceptors (Lipinski definition) is 4. The van der Waals surface area contributed by atoms with Crippen LogP contribution in [0.3, 0.4) is 0 Å². The standard InChI is InChI=1S/C18H15FN2O4/c19-13-4-1-11(2-5-13)10-20-17(23)8-7-15(22)12-3-6-14-16(9-12)25-18(24)21-14/h1-6,9H,7-8,10H2,(H,20,23)(H,21,24). The first kappa shape index (κ1) is 16.6. The number of ketones is 1. The van der Waals surface area contributed by atoms with Gasteiger partial charge in [-0.1, -0.05) is 12.1 Å². The van der Waals surface area contributed by atoms with E-state index in [9.17, 15) is 18.8 Å². The number of aromatic amines is 1. The monoisotopic (exact) mass is 342 g/mol. The maximum absolute atomic E-state index is 12.8. The van der Waals surface area contributed by atoms with Crippen molar-refractivity contribution >= 4 is 22.8 Å². The average molecular weight is 342 g/mol. The molecule has 128 valence electrons. The molecule has 0 aliphatic rings. The van der Waals surface area contributed by atoms with Crippen molar-refractivity contribution in [2.45, 2.75) is 19.4 Å². The van der Waals surface area contributed by atoms with Crippen molar-refractivity contribution in [3.8, 4) is 0 Å². The van der Waals surface area contributed by atoms with Crippen LogP contribution in [-0.2, 0) is 11.3 Å². The van der Waals surface area contributed by atoms with E-state index in [1.54, 1.807) is 24.3 Å². The Morgan fingerprint density at radius 2 is 1.84 bits per heavy atom. The van der Waals surface area contributed by atoms with E-state index in [-0.39, 0.29) is 36.9 Å². The van der Waals surface area contributed by atoms with Crippen LogP contribution in [-0.4, -0.2) is 16.7 Å². The summed E-state index contributed by atoms with van der Waals surface area (Å²) in [5.41, 5.74) is 1.96. The van der Waals surface area contributed by atoms with Crippen LogP contribution in [0.15, 0.2) is 51.7 Å². The highest BCUT2D eigenvalue weighted by atomic mass is 19.1. The smallest absolute Gasteiger partial charge is 0.408 e. The van der Waals surface area contributed by atoms with Crippen molar-refractivity contribution in [1.82, 2.24) is 10.3 Å². The number of Topliss-reactive ketones (excluding diaryl/α,β-unsaturated/α-hetero) is 1. The van der Waals surface area contributed by atoms with Gasteiger partial charge in [-0.25, -0.2) is 9.18 Å². The van der Waals surface area contributed by atoms with E-state index in [1.165, 1.54) is 18.2 Å². The van der Waals surface area contributed by atoms with Crippen LogP contribution >= 0.6 is 0 Å². The van der Waals surface area contributed by atoms with Gasteiger partial charge in [0.05, 0.1) is 5.52 Å². The SMILES string of the molecule is O=C(CCC(=O)c1ccc2[nH]c(=O)oc2c1)NCc1ccc(F)cc1. The summed E-state index contributed by atoms with van der Waals surface area (Å²) >= 11 is 0. The third-order valence-electron chi connectivity index (χ3n) is 3.73. The van der Waals surface area contributed by atoms with Gasteiger partial charge in [-0.05, 0) is 35.9 Å². The Bertz CT molecular complexity index is 973. The van der Waals surface area contributed by atoms with E-state index < -0.39 is 5.76 Å². The Balaban J connectivity index is 1.52. The first-order valence-electron chi connectivity index (χ1n) is 7.68. The molecule has 0 bridgehead atoms. The molecule has 1 heterocycles. The summed E-state index contributed by atoms with van der Waals surface area (Å²) in [5, 5.41) is 2.68. The fourth-order valence-corrected chi connectivity index (χ4v) is 2.38. The molecule has 3 aromatic rings. The van der Waals surface area contributed by atoms with Crippen molar-refractivity contribution in [3.05, 3.63) is 70.0 Å². The predicted octanol–water partition coefficient (Wildman–Crippen LogP) is 2.54. The molecule has 0 atom stereocenters. The minimum atomic E-state index is -0.584. The van der Waals surface area contributed by atoms with Gasteiger partial charge in [-0.2, -0.15) is 0 Å². The topological polar surface area (TPSA) is 92.2 Å². The minimum absolute atomic E-state index is 0.0369. The molecule has 0 aliphatic carbocycles. The highest BCUT2D eigenvalue weighted by Crippen LogP contribution is 2.14. The summed E-state index contributed by atoms with van der Waals surface area (Å²) in [6, 6.07) is 10.4. The third-order valence-corrected chi connectivity index (χ3v) is 3.73. The van der Waals surface area contributed by atoms with Gasteiger partial charge in [0.25, 0.3) is 0 Å². The number of fused-ring (bicyclic) bond motifs is 1. The summed E-state index contributed by atoms with van der Waals surface area (Å²) in [6.45, 7) is 0.272. The lowest BCUT2D eigenvalue weighted by atomic mass is 10.1. The second kappa shape index (κ2) is 7.12. The molecular formula is C18H15FN2O4. The Morgan fingerprint density at radius 1 is 1.08 bits per heavy atom. The molecule has 0 spiro atoms. The molecular weight excluding hydrogens is 327 g/mol. The highest BCUT2D eigenvalue weighted by Gasteiger charge is 2.11. The van der Waals surface area contributed by atoms with E-state index in [4.69, 9.17) is 4.42 Å². The normalized spacial score (nSPS) is 10.8. The van der Waals surface area contributed by atoms with Crippen molar-refractivity contribution in [1.29, 1.82) is 0 Å². The zero-order valence-corrected chi connectivity index (χ0v) is 13.2. The van der Waals surface area contributed by atoms with E-state index in [1.807, 2.05) is 0 Å². The number of carbonyl (C=O) groups excluding carboxylic acids is 2. The van der Waals surface area contributed by atoms with Crippen LogP contribution in [0.25, 0.3) is 11.1 Å². The van der Waals surface area contributed by atoms with E-state index >= 15 is 0 Å². The van der Waals surface area contributed by atoms with Crippen LogP contribution in [0.2, 0.25) is 0 Å². The van der Waals surface area contributed by atoms with Crippen molar-refractivity contribution < 1.29 is 18.4 Å². The van der Waals surface area contributed by atoms with Crippen molar-refractivity contribution in [2.75, 3.05) is 0 Å². The number of H-pyrrole nitrogens is 1. The Labute approximate surface area is 141 Å². The molecule has 6 nitrogen and oxygen atoms in total. The van der Waals surface area contributed by atoms with Gasteiger partial charge >= 0.3 is 5.76 Å². The molecule has 0 saturated heterocycles. The number of rotatable bonds is 6. The molecule has 0 aliphatic heterocycles. The third kappa shape index (κ3) is 4.20. The van der Waals surface area contributed by atoms with Gasteiger partial charge in [-0.3, -0.25) is 14.6 Å². The summed E-state index contributed by atoms with van der Waals surface area (Å²) in [7, 11) is 0. The van der Waals surface area contributed by atoms with Gasteiger partial charge in [0.2, 0.25) is 5.91 Å². The van der Waals surface area contributed by atoms with Crippen LogP contribution in [0.5, 0.6) is 0 Å². The summed E-state index contributed by atoms with van der Waals surface area (Å²) in [6.07, 6.45) is 0.0740. The van der Waals surface area contributed by atoms with Crippen LogP contribution < -0.4 is 11.1 Å². The molecule has 2 aromatic carbocycles. The van der Waals surface area contributed by atoms with Crippen molar-refractivity contribution in [2.24, 2.45) is 0 Å². The van der Waals surface area contributed by atoms with Crippen LogP contribution in [0.1, 0.15) is 28.8 Å². The maximum atomic E-state index is 12.8. The van der Waals surface area contributed by atoms with Crippen molar-refractivity contribution in [3.63, 3.8) is 0 Å². The molecule has 0 fully saturated rings. The zero-order chi connectivity index (χ0) is 17.8. The van der Waals surface area contributed by atoms with Crippen LogP contribution in [0, 0.1) is 5.82 Å². The molecule has 25 heavy (non-hydrogen) atoms.